The molecule has 36 heavy (non-hydrogen) atoms. The lowest BCUT2D eigenvalue weighted by atomic mass is 9.95. The van der Waals surface area contributed by atoms with E-state index >= 15 is 0 Å². The fourth-order valence-corrected chi connectivity index (χ4v) is 4.48. The monoisotopic (exact) mass is 551 g/mol. The van der Waals surface area contributed by atoms with Gasteiger partial charge >= 0.3 is 0 Å². The Hall–Kier alpha value is -3.79. The highest BCUT2D eigenvalue weighted by atomic mass is 79.9. The number of non-ortho nitro benzene ring substituents is 1. The molecule has 0 fully saturated rings. The van der Waals surface area contributed by atoms with Gasteiger partial charge in [0.1, 0.15) is 11.6 Å². The third kappa shape index (κ3) is 4.56. The molecule has 0 aliphatic rings. The van der Waals surface area contributed by atoms with E-state index in [9.17, 15) is 14.9 Å². The molecule has 4 rings (SSSR count). The summed E-state index contributed by atoms with van der Waals surface area (Å²) < 4.78 is 9.52. The molecule has 9 nitrogen and oxygen atoms in total. The third-order valence-electron chi connectivity index (χ3n) is 5.88. The molecule has 0 aliphatic heterocycles. The number of halogens is 1. The number of methoxy groups -OCH3 is 1. The summed E-state index contributed by atoms with van der Waals surface area (Å²) in [6, 6.07) is 11.9. The van der Waals surface area contributed by atoms with Gasteiger partial charge in [-0.2, -0.15) is 9.78 Å². The molecule has 0 bridgehead atoms. The van der Waals surface area contributed by atoms with Gasteiger partial charge < -0.3 is 9.30 Å². The summed E-state index contributed by atoms with van der Waals surface area (Å²) in [5, 5.41) is 16.2. The van der Waals surface area contributed by atoms with Crippen molar-refractivity contribution >= 4 is 38.7 Å². The molecule has 4 aromatic rings. The highest BCUT2D eigenvalue weighted by Crippen LogP contribution is 2.31. The van der Waals surface area contributed by atoms with Gasteiger partial charge in [0, 0.05) is 32.9 Å². The lowest BCUT2D eigenvalue weighted by Crippen LogP contribution is -2.29. The van der Waals surface area contributed by atoms with Crippen LogP contribution in [0, 0.1) is 24.0 Å². The van der Waals surface area contributed by atoms with Crippen molar-refractivity contribution in [3.63, 3.8) is 0 Å². The minimum Gasteiger partial charge on any atom is -0.494 e. The Balaban J connectivity index is 1.86. The fraction of sp³-hybridized carbons (Fsp3) is 0.269. The fourth-order valence-electron chi connectivity index (χ4n) is 4.11. The molecule has 0 amide bonds. The molecule has 0 saturated carbocycles. The maximum Gasteiger partial charge on any atom is 0.282 e. The Morgan fingerprint density at radius 2 is 1.86 bits per heavy atom. The van der Waals surface area contributed by atoms with Gasteiger partial charge in [-0.1, -0.05) is 36.7 Å². The average Bonchev–Trinajstić information content (AvgIpc) is 3.10. The van der Waals surface area contributed by atoms with Crippen molar-refractivity contribution in [2.45, 2.75) is 40.0 Å². The van der Waals surface area contributed by atoms with E-state index in [0.29, 0.717) is 28.2 Å². The van der Waals surface area contributed by atoms with Crippen LogP contribution in [0.3, 0.4) is 0 Å². The molecule has 0 N–H and O–H groups in total. The van der Waals surface area contributed by atoms with Crippen LogP contribution in [-0.2, 0) is 5.41 Å². The van der Waals surface area contributed by atoms with E-state index in [4.69, 9.17) is 9.72 Å². The first-order valence-corrected chi connectivity index (χ1v) is 12.0. The SMILES string of the molecule is COc1cc([N+](=O)[O-])ccc1-n1c(C)cc(C=Nn2c(C(C)(C)C)nc3ccc(Br)cc3c2=O)c1C. The predicted molar refractivity (Wildman–Crippen MR) is 144 cm³/mol. The molecule has 0 atom stereocenters. The molecule has 186 valence electrons. The lowest BCUT2D eigenvalue weighted by molar-refractivity contribution is -0.384. The van der Waals surface area contributed by atoms with Gasteiger partial charge in [-0.15, -0.1) is 0 Å². The van der Waals surface area contributed by atoms with Crippen LogP contribution >= 0.6 is 15.9 Å². The van der Waals surface area contributed by atoms with E-state index in [-0.39, 0.29) is 11.2 Å². The van der Waals surface area contributed by atoms with Crippen molar-refractivity contribution in [3.8, 4) is 11.4 Å². The second-order valence-electron chi connectivity index (χ2n) is 9.48. The Bertz CT molecular complexity index is 1590. The molecule has 0 unspecified atom stereocenters. The van der Waals surface area contributed by atoms with E-state index in [1.54, 1.807) is 18.3 Å². The van der Waals surface area contributed by atoms with Crippen molar-refractivity contribution in [2.75, 3.05) is 7.11 Å². The number of hydrogen-bond donors (Lipinski definition) is 0. The van der Waals surface area contributed by atoms with Crippen LogP contribution in [0.15, 0.2) is 56.8 Å². The van der Waals surface area contributed by atoms with Gasteiger partial charge in [0.25, 0.3) is 11.2 Å². The molecule has 0 radical (unpaired) electrons. The summed E-state index contributed by atoms with van der Waals surface area (Å²) in [7, 11) is 1.48. The van der Waals surface area contributed by atoms with Crippen molar-refractivity contribution in [1.82, 2.24) is 14.2 Å². The van der Waals surface area contributed by atoms with Crippen LogP contribution in [0.25, 0.3) is 16.6 Å². The number of nitro groups is 1. The van der Waals surface area contributed by atoms with E-state index in [1.807, 2.05) is 57.4 Å². The molecule has 0 saturated heterocycles. The number of aromatic nitrogens is 3. The summed E-state index contributed by atoms with van der Waals surface area (Å²) in [5.74, 6) is 0.925. The Morgan fingerprint density at radius 1 is 1.14 bits per heavy atom. The van der Waals surface area contributed by atoms with Crippen LogP contribution in [0.4, 0.5) is 5.69 Å². The van der Waals surface area contributed by atoms with Gasteiger partial charge in [0.15, 0.2) is 0 Å². The zero-order chi connectivity index (χ0) is 26.4. The highest BCUT2D eigenvalue weighted by Gasteiger charge is 2.23. The first-order valence-electron chi connectivity index (χ1n) is 11.2. The van der Waals surface area contributed by atoms with Gasteiger partial charge in [-0.3, -0.25) is 14.9 Å². The van der Waals surface area contributed by atoms with Crippen molar-refractivity contribution in [1.29, 1.82) is 0 Å². The van der Waals surface area contributed by atoms with Crippen molar-refractivity contribution < 1.29 is 9.66 Å². The maximum absolute atomic E-state index is 13.4. The standard InChI is InChI=1S/C26H26BrN5O4/c1-15-11-17(16(2)30(15)22-10-8-19(32(34)35)13-23(22)36-6)14-28-31-24(33)20-12-18(27)7-9-21(20)29-25(31)26(3,4)5/h7-14H,1-6H3. The van der Waals surface area contributed by atoms with Crippen LogP contribution < -0.4 is 10.3 Å². The van der Waals surface area contributed by atoms with Gasteiger partial charge in [0.05, 0.1) is 40.9 Å². The summed E-state index contributed by atoms with van der Waals surface area (Å²) in [4.78, 5) is 28.9. The Morgan fingerprint density at radius 3 is 2.50 bits per heavy atom. The van der Waals surface area contributed by atoms with Gasteiger partial charge in [0.2, 0.25) is 0 Å². The topological polar surface area (TPSA) is 105 Å². The number of fused-ring (bicyclic) bond motifs is 1. The minimum atomic E-state index is -0.458. The number of rotatable bonds is 5. The second kappa shape index (κ2) is 9.34. The summed E-state index contributed by atoms with van der Waals surface area (Å²) >= 11 is 3.43. The number of ether oxygens (including phenoxy) is 1. The third-order valence-corrected chi connectivity index (χ3v) is 6.37. The van der Waals surface area contributed by atoms with Crippen LogP contribution in [0.2, 0.25) is 0 Å². The normalized spacial score (nSPS) is 12.0. The Kier molecular flexibility index (Phi) is 6.57. The number of nitro benzene ring substituents is 1. The van der Waals surface area contributed by atoms with Gasteiger partial charge in [-0.25, -0.2) is 4.98 Å². The largest absolute Gasteiger partial charge is 0.494 e. The molecule has 2 heterocycles. The second-order valence-corrected chi connectivity index (χ2v) is 10.4. The molecule has 10 heteroatoms. The van der Waals surface area contributed by atoms with Gasteiger partial charge in [-0.05, 0) is 44.2 Å². The molecule has 2 aromatic carbocycles. The first kappa shape index (κ1) is 25.3. The maximum atomic E-state index is 13.4. The van der Waals surface area contributed by atoms with Crippen LogP contribution in [0.1, 0.15) is 43.5 Å². The predicted octanol–water partition coefficient (Wildman–Crippen LogP) is 5.66. The number of aryl methyl sites for hydroxylation is 1. The highest BCUT2D eigenvalue weighted by molar-refractivity contribution is 9.10. The van der Waals surface area contributed by atoms with Crippen LogP contribution in [0.5, 0.6) is 5.75 Å². The van der Waals surface area contributed by atoms with E-state index in [0.717, 1.165) is 21.4 Å². The summed E-state index contributed by atoms with van der Waals surface area (Å²) in [6.45, 7) is 9.79. The first-order chi connectivity index (χ1) is 16.9. The number of nitrogens with zero attached hydrogens (tertiary/aromatic N) is 5. The molecule has 2 aromatic heterocycles. The summed E-state index contributed by atoms with van der Waals surface area (Å²) in [6.07, 6.45) is 1.64. The number of benzene rings is 2. The quantitative estimate of drug-likeness (QED) is 0.181. The van der Waals surface area contributed by atoms with Crippen molar-refractivity contribution in [2.24, 2.45) is 5.10 Å². The van der Waals surface area contributed by atoms with E-state index in [1.165, 1.54) is 23.9 Å². The van der Waals surface area contributed by atoms with E-state index < -0.39 is 10.3 Å². The van der Waals surface area contributed by atoms with Crippen molar-refractivity contribution in [3.05, 3.63) is 90.2 Å². The van der Waals surface area contributed by atoms with E-state index in [2.05, 4.69) is 21.0 Å². The molecule has 0 spiro atoms. The zero-order valence-electron chi connectivity index (χ0n) is 20.9. The molecular formula is C26H26BrN5O4. The average molecular weight is 552 g/mol. The summed E-state index contributed by atoms with van der Waals surface area (Å²) in [5.41, 5.74) is 3.05. The number of hydrogen-bond acceptors (Lipinski definition) is 6. The smallest absolute Gasteiger partial charge is 0.282 e. The zero-order valence-corrected chi connectivity index (χ0v) is 22.5. The lowest BCUT2D eigenvalue weighted by Gasteiger charge is -2.20. The minimum absolute atomic E-state index is 0.0515. The Labute approximate surface area is 216 Å². The molecular weight excluding hydrogens is 526 g/mol. The van der Waals surface area contributed by atoms with Crippen LogP contribution in [-0.4, -0.2) is 32.5 Å². The molecule has 0 aliphatic carbocycles.